The van der Waals surface area contributed by atoms with Gasteiger partial charge in [-0.25, -0.2) is 18.4 Å². The second-order valence-electron chi connectivity index (χ2n) is 8.85. The molecule has 3 aromatic rings. The van der Waals surface area contributed by atoms with E-state index in [9.17, 15) is 8.42 Å². The molecule has 0 unspecified atom stereocenters. The van der Waals surface area contributed by atoms with Gasteiger partial charge in [-0.05, 0) is 86.4 Å². The maximum atomic E-state index is 12.7. The van der Waals surface area contributed by atoms with Crippen LogP contribution in [-0.4, -0.2) is 30.5 Å². The molecule has 0 atom stereocenters. The molecule has 0 bridgehead atoms. The first-order valence-electron chi connectivity index (χ1n) is 11.5. The Morgan fingerprint density at radius 2 is 1.74 bits per heavy atom. The van der Waals surface area contributed by atoms with Crippen molar-refractivity contribution in [2.75, 3.05) is 10.0 Å². The Balaban J connectivity index is 1.33. The van der Waals surface area contributed by atoms with Crippen LogP contribution in [0.15, 0.2) is 59.8 Å². The number of halogens is 1. The zero-order valence-corrected chi connectivity index (χ0v) is 20.7. The van der Waals surface area contributed by atoms with Crippen LogP contribution >= 0.6 is 11.6 Å². The van der Waals surface area contributed by atoms with E-state index < -0.39 is 10.0 Å². The Bertz CT molecular complexity index is 1230. The molecule has 0 aliphatic heterocycles. The molecule has 7 nitrogen and oxygen atoms in total. The molecule has 1 aromatic heterocycles. The monoisotopic (exact) mass is 499 g/mol. The Morgan fingerprint density at radius 3 is 2.41 bits per heavy atom. The lowest BCUT2D eigenvalue weighted by Crippen LogP contribution is -2.33. The van der Waals surface area contributed by atoms with Gasteiger partial charge in [-0.3, -0.25) is 4.72 Å². The summed E-state index contributed by atoms with van der Waals surface area (Å²) in [6.07, 6.45) is 9.51. The summed E-state index contributed by atoms with van der Waals surface area (Å²) < 4.78 is 28.0. The highest BCUT2D eigenvalue weighted by Gasteiger charge is 2.19. The van der Waals surface area contributed by atoms with Crippen molar-refractivity contribution in [2.45, 2.75) is 62.4 Å². The Morgan fingerprint density at radius 1 is 1.03 bits per heavy atom. The van der Waals surface area contributed by atoms with E-state index in [1.54, 1.807) is 24.3 Å². The Hall–Kier alpha value is -2.68. The van der Waals surface area contributed by atoms with Crippen LogP contribution in [0.3, 0.4) is 0 Å². The lowest BCUT2D eigenvalue weighted by atomic mass is 9.92. The zero-order valence-electron chi connectivity index (χ0n) is 19.2. The third-order valence-corrected chi connectivity index (χ3v) is 8.10. The quantitative estimate of drug-likeness (QED) is 0.414. The van der Waals surface area contributed by atoms with E-state index in [1.807, 2.05) is 31.5 Å². The van der Waals surface area contributed by atoms with Crippen molar-refractivity contribution in [2.24, 2.45) is 5.73 Å². The molecule has 1 aliphatic rings. The summed E-state index contributed by atoms with van der Waals surface area (Å²) in [5.74, 6) is 0.663. The molecule has 180 valence electrons. The maximum Gasteiger partial charge on any atom is 0.263 e. The number of anilines is 2. The Kier molecular flexibility index (Phi) is 7.70. The van der Waals surface area contributed by atoms with Gasteiger partial charge in [0.15, 0.2) is 0 Å². The van der Waals surface area contributed by atoms with Crippen LogP contribution < -0.4 is 15.8 Å². The summed E-state index contributed by atoms with van der Waals surface area (Å²) in [6.45, 7) is 1.97. The van der Waals surface area contributed by atoms with Gasteiger partial charge < -0.3 is 11.1 Å². The summed E-state index contributed by atoms with van der Waals surface area (Å²) in [7, 11) is -3.76. The van der Waals surface area contributed by atoms with Crippen LogP contribution in [0.2, 0.25) is 5.02 Å². The van der Waals surface area contributed by atoms with Gasteiger partial charge in [-0.2, -0.15) is 0 Å². The minimum absolute atomic E-state index is 0.0587. The highest BCUT2D eigenvalue weighted by atomic mass is 35.5. The van der Waals surface area contributed by atoms with E-state index in [-0.39, 0.29) is 9.92 Å². The normalized spacial score (nSPS) is 18.4. The smallest absolute Gasteiger partial charge is 0.263 e. The molecule has 1 aliphatic carbocycles. The second kappa shape index (κ2) is 10.7. The zero-order chi connectivity index (χ0) is 24.1. The van der Waals surface area contributed by atoms with E-state index in [2.05, 4.69) is 20.0 Å². The van der Waals surface area contributed by atoms with Crippen LogP contribution in [0.1, 0.15) is 42.4 Å². The molecule has 34 heavy (non-hydrogen) atoms. The number of hydrogen-bond donors (Lipinski definition) is 3. The molecule has 0 saturated heterocycles. The summed E-state index contributed by atoms with van der Waals surface area (Å²) in [5.41, 5.74) is 9.68. The van der Waals surface area contributed by atoms with Gasteiger partial charge in [0.25, 0.3) is 10.0 Å². The van der Waals surface area contributed by atoms with Crippen LogP contribution in [-0.2, 0) is 22.9 Å². The first-order chi connectivity index (χ1) is 16.3. The maximum absolute atomic E-state index is 12.7. The molecule has 4 rings (SSSR count). The highest BCUT2D eigenvalue weighted by molar-refractivity contribution is 7.92. The first-order valence-corrected chi connectivity index (χ1v) is 13.4. The topological polar surface area (TPSA) is 110 Å². The lowest BCUT2D eigenvalue weighted by Gasteiger charge is -2.26. The second-order valence-corrected chi connectivity index (χ2v) is 10.9. The van der Waals surface area contributed by atoms with Crippen LogP contribution in [0, 0.1) is 6.92 Å². The summed E-state index contributed by atoms with van der Waals surface area (Å²) in [5, 5.41) is 3.60. The predicted octanol–water partition coefficient (Wildman–Crippen LogP) is 4.71. The number of nitrogens with two attached hydrogens (primary N) is 1. The predicted molar refractivity (Wildman–Crippen MR) is 137 cm³/mol. The fraction of sp³-hybridized carbons (Fsp3) is 0.360. The van der Waals surface area contributed by atoms with Crippen molar-refractivity contribution >= 4 is 33.3 Å². The van der Waals surface area contributed by atoms with Crippen LogP contribution in [0.5, 0.6) is 0 Å². The van der Waals surface area contributed by atoms with Gasteiger partial charge in [0.1, 0.15) is 4.90 Å². The molecule has 9 heteroatoms. The van der Waals surface area contributed by atoms with Crippen molar-refractivity contribution in [3.8, 4) is 0 Å². The summed E-state index contributed by atoms with van der Waals surface area (Å²) >= 11 is 6.06. The fourth-order valence-corrected chi connectivity index (χ4v) is 5.77. The van der Waals surface area contributed by atoms with E-state index >= 15 is 0 Å². The number of benzene rings is 2. The van der Waals surface area contributed by atoms with E-state index in [4.69, 9.17) is 17.3 Å². The molecule has 1 saturated carbocycles. The standard InChI is InChI=1S/C25H30ClN5O2S/c1-17-14-22(31-34(32,33)24-5-3-2-4-23(24)26)11-8-19(17)7-6-18-15-28-25(29-16-18)30-21-12-9-20(27)10-13-21/h2-5,8,11,14-16,20-21,31H,6-7,9-10,12-13,27H2,1H3,(H,28,29,30)/t20-,21-. The number of aryl methyl sites for hydroxylation is 3. The van der Waals surface area contributed by atoms with Gasteiger partial charge in [-0.1, -0.05) is 29.8 Å². The molecule has 4 N–H and O–H groups in total. The third kappa shape index (κ3) is 6.25. The summed E-state index contributed by atoms with van der Waals surface area (Å²) in [4.78, 5) is 9.01. The number of sulfonamides is 1. The number of rotatable bonds is 8. The van der Waals surface area contributed by atoms with Gasteiger partial charge >= 0.3 is 0 Å². The molecule has 2 aromatic carbocycles. The van der Waals surface area contributed by atoms with Crippen LogP contribution in [0.4, 0.5) is 11.6 Å². The van der Waals surface area contributed by atoms with Crippen molar-refractivity contribution in [1.29, 1.82) is 0 Å². The highest BCUT2D eigenvalue weighted by Crippen LogP contribution is 2.25. The van der Waals surface area contributed by atoms with Gasteiger partial charge in [0, 0.05) is 30.2 Å². The van der Waals surface area contributed by atoms with E-state index in [1.165, 1.54) is 6.07 Å². The number of aromatic nitrogens is 2. The summed E-state index contributed by atoms with van der Waals surface area (Å²) in [6, 6.07) is 12.7. The van der Waals surface area contributed by atoms with Crippen molar-refractivity contribution in [3.05, 3.63) is 76.6 Å². The van der Waals surface area contributed by atoms with Gasteiger partial charge in [0.2, 0.25) is 5.95 Å². The van der Waals surface area contributed by atoms with Gasteiger partial charge in [0.05, 0.1) is 5.02 Å². The Labute approximate surface area is 206 Å². The lowest BCUT2D eigenvalue weighted by molar-refractivity contribution is 0.410. The molecule has 0 radical (unpaired) electrons. The minimum Gasteiger partial charge on any atom is -0.351 e. The van der Waals surface area contributed by atoms with Crippen LogP contribution in [0.25, 0.3) is 0 Å². The molecular weight excluding hydrogens is 470 g/mol. The van der Waals surface area contributed by atoms with E-state index in [0.29, 0.717) is 23.7 Å². The average molecular weight is 500 g/mol. The number of hydrogen-bond acceptors (Lipinski definition) is 6. The van der Waals surface area contributed by atoms with E-state index in [0.717, 1.165) is 55.2 Å². The molecular formula is C25H30ClN5O2S. The van der Waals surface area contributed by atoms with Crippen molar-refractivity contribution in [1.82, 2.24) is 9.97 Å². The largest absolute Gasteiger partial charge is 0.351 e. The minimum atomic E-state index is -3.76. The SMILES string of the molecule is Cc1cc(NS(=O)(=O)c2ccccc2Cl)ccc1CCc1cnc(N[C@H]2CC[C@H](N)CC2)nc1. The van der Waals surface area contributed by atoms with Crippen molar-refractivity contribution in [3.63, 3.8) is 0 Å². The van der Waals surface area contributed by atoms with Crippen molar-refractivity contribution < 1.29 is 8.42 Å². The molecule has 0 spiro atoms. The van der Waals surface area contributed by atoms with Gasteiger partial charge in [-0.15, -0.1) is 0 Å². The number of nitrogens with zero attached hydrogens (tertiary/aromatic N) is 2. The number of nitrogens with one attached hydrogen (secondary N) is 2. The molecule has 1 fully saturated rings. The molecule has 1 heterocycles. The average Bonchev–Trinajstić information content (AvgIpc) is 2.81. The first kappa shape index (κ1) is 24.4. The molecule has 0 amide bonds. The fourth-order valence-electron chi connectivity index (χ4n) is 4.20. The third-order valence-electron chi connectivity index (χ3n) is 6.21.